The Balaban J connectivity index is 2.29. The van der Waals surface area contributed by atoms with Gasteiger partial charge in [-0.3, -0.25) is 4.79 Å². The molecule has 0 aliphatic carbocycles. The number of nitriles is 1. The van der Waals surface area contributed by atoms with E-state index in [1.165, 1.54) is 12.1 Å². The summed E-state index contributed by atoms with van der Waals surface area (Å²) in [6.07, 6.45) is 6.64. The minimum atomic E-state index is -0.614. The largest absolute Gasteiger partial charge is 0.490 e. The van der Waals surface area contributed by atoms with E-state index >= 15 is 0 Å². The van der Waals surface area contributed by atoms with Gasteiger partial charge in [0.05, 0.1) is 17.3 Å². The molecule has 7 heteroatoms. The number of hydrogen-bond donors (Lipinski definition) is 1. The fourth-order valence-corrected chi connectivity index (χ4v) is 2.56. The maximum absolute atomic E-state index is 12.4. The summed E-state index contributed by atoms with van der Waals surface area (Å²) in [5, 5.41) is 12.7. The summed E-state index contributed by atoms with van der Waals surface area (Å²) in [5.41, 5.74) is 0.782. The van der Waals surface area contributed by atoms with E-state index in [1.54, 1.807) is 30.3 Å². The van der Waals surface area contributed by atoms with Crippen molar-refractivity contribution in [2.24, 2.45) is 0 Å². The van der Waals surface area contributed by atoms with E-state index in [1.807, 2.05) is 13.0 Å². The number of halogens is 2. The number of rotatable bonds is 7. The molecule has 1 N–H and O–H groups in total. The van der Waals surface area contributed by atoms with E-state index in [-0.39, 0.29) is 12.2 Å². The predicted octanol–water partition coefficient (Wildman–Crippen LogP) is 4.95. The molecule has 2 aromatic carbocycles. The van der Waals surface area contributed by atoms with Gasteiger partial charge in [-0.1, -0.05) is 35.2 Å². The number of carbonyl (C=O) groups is 1. The Morgan fingerprint density at radius 3 is 2.68 bits per heavy atom. The standard InChI is InChI=1S/C21H16Cl2N2O3/c1-3-9-28-19-8-5-14(11-20(19)27-4-2)10-15(13-24)21(26)25-18-12-16(22)6-7-17(18)23/h1,5-8,10-12H,4,9H2,2H3,(H,25,26)/b15-10+. The van der Waals surface area contributed by atoms with Gasteiger partial charge in [0.25, 0.3) is 5.91 Å². The van der Waals surface area contributed by atoms with Crippen molar-refractivity contribution >= 4 is 40.9 Å². The van der Waals surface area contributed by atoms with E-state index in [0.717, 1.165) is 0 Å². The molecule has 0 aromatic heterocycles. The maximum Gasteiger partial charge on any atom is 0.266 e. The van der Waals surface area contributed by atoms with Gasteiger partial charge in [-0.2, -0.15) is 5.26 Å². The SMILES string of the molecule is C#CCOc1ccc(/C=C(\C#N)C(=O)Nc2cc(Cl)ccc2Cl)cc1OCC. The molecule has 0 saturated carbocycles. The molecule has 0 heterocycles. The molecule has 0 radical (unpaired) electrons. The Kier molecular flexibility index (Phi) is 7.77. The van der Waals surface area contributed by atoms with Gasteiger partial charge in [0.2, 0.25) is 0 Å². The van der Waals surface area contributed by atoms with Crippen molar-refractivity contribution in [1.82, 2.24) is 0 Å². The molecule has 2 rings (SSSR count). The molecule has 28 heavy (non-hydrogen) atoms. The van der Waals surface area contributed by atoms with Gasteiger partial charge in [0.15, 0.2) is 11.5 Å². The molecule has 142 valence electrons. The first-order valence-corrected chi connectivity index (χ1v) is 8.95. The van der Waals surface area contributed by atoms with Crippen LogP contribution in [0.5, 0.6) is 11.5 Å². The third kappa shape index (κ3) is 5.69. The van der Waals surface area contributed by atoms with Crippen molar-refractivity contribution in [3.63, 3.8) is 0 Å². The van der Waals surface area contributed by atoms with E-state index in [0.29, 0.717) is 39.4 Å². The number of nitrogens with zero attached hydrogens (tertiary/aromatic N) is 1. The Hall–Kier alpha value is -3.12. The molecule has 2 aromatic rings. The molecule has 0 aliphatic heterocycles. The van der Waals surface area contributed by atoms with Gasteiger partial charge in [-0.05, 0) is 48.9 Å². The minimum Gasteiger partial charge on any atom is -0.490 e. The van der Waals surface area contributed by atoms with Crippen LogP contribution in [0.2, 0.25) is 10.0 Å². The van der Waals surface area contributed by atoms with Crippen LogP contribution in [0.4, 0.5) is 5.69 Å². The van der Waals surface area contributed by atoms with E-state index in [2.05, 4.69) is 11.2 Å². The highest BCUT2D eigenvalue weighted by Crippen LogP contribution is 2.30. The molecule has 1 amide bonds. The molecule has 0 bridgehead atoms. The molecule has 0 unspecified atom stereocenters. The first-order chi connectivity index (χ1) is 13.5. The van der Waals surface area contributed by atoms with Crippen molar-refractivity contribution in [3.05, 3.63) is 57.6 Å². The lowest BCUT2D eigenvalue weighted by Gasteiger charge is -2.11. The molecule has 5 nitrogen and oxygen atoms in total. The van der Waals surface area contributed by atoms with Gasteiger partial charge in [-0.15, -0.1) is 6.42 Å². The van der Waals surface area contributed by atoms with Crippen LogP contribution in [0, 0.1) is 23.7 Å². The number of hydrogen-bond acceptors (Lipinski definition) is 4. The van der Waals surface area contributed by atoms with E-state index in [9.17, 15) is 10.1 Å². The number of terminal acetylenes is 1. The summed E-state index contributed by atoms with van der Waals surface area (Å²) in [5.74, 6) is 2.71. The van der Waals surface area contributed by atoms with E-state index in [4.69, 9.17) is 39.1 Å². The lowest BCUT2D eigenvalue weighted by molar-refractivity contribution is -0.112. The number of benzene rings is 2. The van der Waals surface area contributed by atoms with Crippen LogP contribution in [0.25, 0.3) is 6.08 Å². The van der Waals surface area contributed by atoms with Gasteiger partial charge >= 0.3 is 0 Å². The molecular weight excluding hydrogens is 399 g/mol. The van der Waals surface area contributed by atoms with Gasteiger partial charge in [0, 0.05) is 5.02 Å². The highest BCUT2D eigenvalue weighted by molar-refractivity contribution is 6.36. The fraction of sp³-hybridized carbons (Fsp3) is 0.143. The summed E-state index contributed by atoms with van der Waals surface area (Å²) in [7, 11) is 0. The Morgan fingerprint density at radius 1 is 1.21 bits per heavy atom. The van der Waals surface area contributed by atoms with Crippen molar-refractivity contribution < 1.29 is 14.3 Å². The molecule has 0 fully saturated rings. The van der Waals surface area contributed by atoms with Crippen LogP contribution >= 0.6 is 23.2 Å². The van der Waals surface area contributed by atoms with E-state index < -0.39 is 5.91 Å². The normalized spacial score (nSPS) is 10.5. The Labute approximate surface area is 173 Å². The maximum atomic E-state index is 12.4. The van der Waals surface area contributed by atoms with Crippen LogP contribution in [0.3, 0.4) is 0 Å². The highest BCUT2D eigenvalue weighted by Gasteiger charge is 2.13. The first kappa shape index (κ1) is 21.2. The summed E-state index contributed by atoms with van der Waals surface area (Å²) in [6.45, 7) is 2.34. The summed E-state index contributed by atoms with van der Waals surface area (Å²) in [4.78, 5) is 12.4. The minimum absolute atomic E-state index is 0.0987. The average Bonchev–Trinajstić information content (AvgIpc) is 2.68. The molecular formula is C21H16Cl2N2O3. The highest BCUT2D eigenvalue weighted by atomic mass is 35.5. The van der Waals surface area contributed by atoms with Gasteiger partial charge in [0.1, 0.15) is 18.2 Å². The Bertz CT molecular complexity index is 988. The number of amides is 1. The van der Waals surface area contributed by atoms with Crippen molar-refractivity contribution in [1.29, 1.82) is 5.26 Å². The fourth-order valence-electron chi connectivity index (χ4n) is 2.22. The van der Waals surface area contributed by atoms with Crippen LogP contribution in [0.15, 0.2) is 42.0 Å². The molecule has 0 saturated heterocycles. The predicted molar refractivity (Wildman–Crippen MR) is 111 cm³/mol. The number of nitrogens with one attached hydrogen (secondary N) is 1. The third-order valence-electron chi connectivity index (χ3n) is 3.43. The van der Waals surface area contributed by atoms with Crippen LogP contribution in [-0.4, -0.2) is 19.1 Å². The second-order valence-corrected chi connectivity index (χ2v) is 6.22. The van der Waals surface area contributed by atoms with Crippen molar-refractivity contribution in [2.45, 2.75) is 6.92 Å². The van der Waals surface area contributed by atoms with Gasteiger partial charge in [-0.25, -0.2) is 0 Å². The quantitative estimate of drug-likeness (QED) is 0.395. The first-order valence-electron chi connectivity index (χ1n) is 8.19. The zero-order chi connectivity index (χ0) is 20.5. The summed E-state index contributed by atoms with van der Waals surface area (Å²) >= 11 is 12.0. The third-order valence-corrected chi connectivity index (χ3v) is 4.00. The zero-order valence-corrected chi connectivity index (χ0v) is 16.5. The van der Waals surface area contributed by atoms with Crippen molar-refractivity contribution in [2.75, 3.05) is 18.5 Å². The smallest absolute Gasteiger partial charge is 0.266 e. The van der Waals surface area contributed by atoms with Gasteiger partial charge < -0.3 is 14.8 Å². The molecule has 0 aliphatic rings. The van der Waals surface area contributed by atoms with Crippen LogP contribution in [0.1, 0.15) is 12.5 Å². The lowest BCUT2D eigenvalue weighted by Crippen LogP contribution is -2.13. The number of anilines is 1. The second kappa shape index (κ2) is 10.3. The van der Waals surface area contributed by atoms with Crippen LogP contribution < -0.4 is 14.8 Å². The zero-order valence-electron chi connectivity index (χ0n) is 15.0. The lowest BCUT2D eigenvalue weighted by atomic mass is 10.1. The second-order valence-electron chi connectivity index (χ2n) is 5.38. The molecule has 0 spiro atoms. The monoisotopic (exact) mass is 414 g/mol. The average molecular weight is 415 g/mol. The molecule has 0 atom stereocenters. The summed E-state index contributed by atoms with van der Waals surface area (Å²) < 4.78 is 11.0. The number of ether oxygens (including phenoxy) is 2. The summed E-state index contributed by atoms with van der Waals surface area (Å²) in [6, 6.07) is 11.5. The Morgan fingerprint density at radius 2 is 2.00 bits per heavy atom. The number of carbonyl (C=O) groups excluding carboxylic acids is 1. The van der Waals surface area contributed by atoms with Crippen molar-refractivity contribution in [3.8, 4) is 29.9 Å². The van der Waals surface area contributed by atoms with Crippen LogP contribution in [-0.2, 0) is 4.79 Å². The topological polar surface area (TPSA) is 71.3 Å².